The highest BCUT2D eigenvalue weighted by Gasteiger charge is 2.06. The number of nitriles is 1. The Labute approximate surface area is 147 Å². The van der Waals surface area contributed by atoms with Crippen LogP contribution in [0, 0.1) is 11.3 Å². The van der Waals surface area contributed by atoms with Gasteiger partial charge in [-0.3, -0.25) is 4.79 Å². The van der Waals surface area contributed by atoms with Gasteiger partial charge in [-0.2, -0.15) is 5.26 Å². The molecule has 0 radical (unpaired) electrons. The van der Waals surface area contributed by atoms with Gasteiger partial charge in [0.2, 0.25) is 5.91 Å². The Kier molecular flexibility index (Phi) is 6.61. The molecule has 128 valence electrons. The SMILES string of the molecule is CCc1ccccc1NC(=O)/C=C/c1ccc(OCC#N)c(OC)c1. The number of hydrogen-bond acceptors (Lipinski definition) is 4. The van der Waals surface area contributed by atoms with Crippen LogP contribution in [0.5, 0.6) is 11.5 Å². The maximum atomic E-state index is 12.1. The summed E-state index contributed by atoms with van der Waals surface area (Å²) >= 11 is 0. The molecule has 0 saturated heterocycles. The molecule has 5 heteroatoms. The van der Waals surface area contributed by atoms with E-state index in [0.29, 0.717) is 11.5 Å². The summed E-state index contributed by atoms with van der Waals surface area (Å²) < 4.78 is 10.5. The molecule has 0 spiro atoms. The number of methoxy groups -OCH3 is 1. The molecule has 0 aliphatic heterocycles. The summed E-state index contributed by atoms with van der Waals surface area (Å²) in [6, 6.07) is 14.9. The van der Waals surface area contributed by atoms with Crippen LogP contribution in [-0.2, 0) is 11.2 Å². The molecule has 2 rings (SSSR count). The van der Waals surface area contributed by atoms with Gasteiger partial charge in [0.25, 0.3) is 0 Å². The van der Waals surface area contributed by atoms with Crippen molar-refractivity contribution >= 4 is 17.7 Å². The summed E-state index contributed by atoms with van der Waals surface area (Å²) in [7, 11) is 1.52. The quantitative estimate of drug-likeness (QED) is 0.780. The monoisotopic (exact) mass is 336 g/mol. The number of nitrogens with one attached hydrogen (secondary N) is 1. The lowest BCUT2D eigenvalue weighted by Crippen LogP contribution is -2.09. The first-order valence-corrected chi connectivity index (χ1v) is 7.92. The van der Waals surface area contributed by atoms with Crippen LogP contribution in [0.15, 0.2) is 48.5 Å². The van der Waals surface area contributed by atoms with Crippen molar-refractivity contribution in [3.63, 3.8) is 0 Å². The van der Waals surface area contributed by atoms with E-state index in [-0.39, 0.29) is 12.5 Å². The number of amides is 1. The van der Waals surface area contributed by atoms with E-state index < -0.39 is 0 Å². The molecule has 0 heterocycles. The van der Waals surface area contributed by atoms with Crippen LogP contribution in [0.25, 0.3) is 6.08 Å². The molecule has 0 fully saturated rings. The second-order valence-corrected chi connectivity index (χ2v) is 5.19. The summed E-state index contributed by atoms with van der Waals surface area (Å²) in [6.07, 6.45) is 4.01. The zero-order valence-electron chi connectivity index (χ0n) is 14.3. The lowest BCUT2D eigenvalue weighted by atomic mass is 10.1. The molecule has 0 aliphatic rings. The fourth-order valence-corrected chi connectivity index (χ4v) is 2.31. The highest BCUT2D eigenvalue weighted by molar-refractivity contribution is 6.02. The summed E-state index contributed by atoms with van der Waals surface area (Å²) in [5.41, 5.74) is 2.70. The van der Waals surface area contributed by atoms with Crippen LogP contribution < -0.4 is 14.8 Å². The Morgan fingerprint density at radius 1 is 1.24 bits per heavy atom. The molecular weight excluding hydrogens is 316 g/mol. The highest BCUT2D eigenvalue weighted by Crippen LogP contribution is 2.28. The zero-order valence-corrected chi connectivity index (χ0v) is 14.3. The molecule has 1 amide bonds. The van der Waals surface area contributed by atoms with Crippen LogP contribution in [0.2, 0.25) is 0 Å². The van der Waals surface area contributed by atoms with Gasteiger partial charge in [0.15, 0.2) is 18.1 Å². The summed E-state index contributed by atoms with van der Waals surface area (Å²) in [5.74, 6) is 0.793. The first-order valence-electron chi connectivity index (χ1n) is 7.92. The van der Waals surface area contributed by atoms with Crippen molar-refractivity contribution in [3.8, 4) is 17.6 Å². The van der Waals surface area contributed by atoms with E-state index in [1.165, 1.54) is 13.2 Å². The number of nitrogens with zero attached hydrogens (tertiary/aromatic N) is 1. The fraction of sp³-hybridized carbons (Fsp3) is 0.200. The van der Waals surface area contributed by atoms with Crippen molar-refractivity contribution in [2.24, 2.45) is 0 Å². The van der Waals surface area contributed by atoms with E-state index in [1.54, 1.807) is 24.3 Å². The van der Waals surface area contributed by atoms with Crippen LogP contribution in [0.3, 0.4) is 0 Å². The molecule has 1 N–H and O–H groups in total. The molecule has 0 atom stereocenters. The first-order chi connectivity index (χ1) is 12.2. The van der Waals surface area contributed by atoms with E-state index in [1.807, 2.05) is 37.3 Å². The average Bonchev–Trinajstić information content (AvgIpc) is 2.65. The minimum absolute atomic E-state index is 0.0508. The normalized spacial score (nSPS) is 10.3. The third kappa shape index (κ3) is 5.11. The summed E-state index contributed by atoms with van der Waals surface area (Å²) in [5, 5.41) is 11.5. The number of para-hydroxylation sites is 1. The number of aryl methyl sites for hydroxylation is 1. The lowest BCUT2D eigenvalue weighted by Gasteiger charge is -2.09. The van der Waals surface area contributed by atoms with Gasteiger partial charge in [0, 0.05) is 11.8 Å². The van der Waals surface area contributed by atoms with Crippen molar-refractivity contribution in [3.05, 3.63) is 59.7 Å². The second kappa shape index (κ2) is 9.14. The molecule has 2 aromatic carbocycles. The molecule has 25 heavy (non-hydrogen) atoms. The predicted molar refractivity (Wildman–Crippen MR) is 97.6 cm³/mol. The molecular formula is C20H20N2O3. The van der Waals surface area contributed by atoms with Crippen LogP contribution in [-0.4, -0.2) is 19.6 Å². The maximum absolute atomic E-state index is 12.1. The molecule has 0 aliphatic carbocycles. The summed E-state index contributed by atoms with van der Waals surface area (Å²) in [4.78, 5) is 12.1. The van der Waals surface area contributed by atoms with Gasteiger partial charge in [-0.1, -0.05) is 31.2 Å². The van der Waals surface area contributed by atoms with Crippen molar-refractivity contribution in [2.45, 2.75) is 13.3 Å². The van der Waals surface area contributed by atoms with E-state index >= 15 is 0 Å². The molecule has 0 aromatic heterocycles. The lowest BCUT2D eigenvalue weighted by molar-refractivity contribution is -0.111. The highest BCUT2D eigenvalue weighted by atomic mass is 16.5. The third-order valence-corrected chi connectivity index (χ3v) is 3.56. The fourth-order valence-electron chi connectivity index (χ4n) is 2.31. The Morgan fingerprint density at radius 2 is 2.04 bits per heavy atom. The number of carbonyl (C=O) groups excluding carboxylic acids is 1. The zero-order chi connectivity index (χ0) is 18.1. The number of anilines is 1. The van der Waals surface area contributed by atoms with Gasteiger partial charge in [-0.15, -0.1) is 0 Å². The third-order valence-electron chi connectivity index (χ3n) is 3.56. The Hall–Kier alpha value is -3.26. The molecule has 0 unspecified atom stereocenters. The molecule has 0 bridgehead atoms. The van der Waals surface area contributed by atoms with Gasteiger partial charge in [0.05, 0.1) is 7.11 Å². The Morgan fingerprint density at radius 3 is 2.76 bits per heavy atom. The van der Waals surface area contributed by atoms with Crippen LogP contribution in [0.4, 0.5) is 5.69 Å². The second-order valence-electron chi connectivity index (χ2n) is 5.19. The molecule has 2 aromatic rings. The maximum Gasteiger partial charge on any atom is 0.248 e. The number of benzene rings is 2. The van der Waals surface area contributed by atoms with Gasteiger partial charge < -0.3 is 14.8 Å². The van der Waals surface area contributed by atoms with E-state index in [9.17, 15) is 4.79 Å². The minimum Gasteiger partial charge on any atom is -0.493 e. The van der Waals surface area contributed by atoms with Crippen molar-refractivity contribution < 1.29 is 14.3 Å². The van der Waals surface area contributed by atoms with E-state index in [4.69, 9.17) is 14.7 Å². The number of rotatable bonds is 7. The largest absolute Gasteiger partial charge is 0.493 e. The minimum atomic E-state index is -0.204. The molecule has 5 nitrogen and oxygen atoms in total. The van der Waals surface area contributed by atoms with Crippen LogP contribution >= 0.6 is 0 Å². The first kappa shape index (κ1) is 18.1. The average molecular weight is 336 g/mol. The number of carbonyl (C=O) groups is 1. The predicted octanol–water partition coefficient (Wildman–Crippen LogP) is 3.81. The van der Waals surface area contributed by atoms with Gasteiger partial charge in [-0.25, -0.2) is 0 Å². The topological polar surface area (TPSA) is 71.3 Å². The van der Waals surface area contributed by atoms with Crippen molar-refractivity contribution in [2.75, 3.05) is 19.0 Å². The smallest absolute Gasteiger partial charge is 0.248 e. The number of hydrogen-bond donors (Lipinski definition) is 1. The van der Waals surface area contributed by atoms with Crippen molar-refractivity contribution in [1.29, 1.82) is 5.26 Å². The van der Waals surface area contributed by atoms with Gasteiger partial charge >= 0.3 is 0 Å². The van der Waals surface area contributed by atoms with Gasteiger partial charge in [-0.05, 0) is 41.8 Å². The van der Waals surface area contributed by atoms with Crippen LogP contribution in [0.1, 0.15) is 18.1 Å². The number of ether oxygens (including phenoxy) is 2. The molecule has 0 saturated carbocycles. The summed E-state index contributed by atoms with van der Waals surface area (Å²) in [6.45, 7) is 1.99. The van der Waals surface area contributed by atoms with Crippen molar-refractivity contribution in [1.82, 2.24) is 0 Å². The van der Waals surface area contributed by atoms with E-state index in [0.717, 1.165) is 23.2 Å². The standard InChI is InChI=1S/C20H20N2O3/c1-3-16-6-4-5-7-17(16)22-20(23)11-9-15-8-10-18(25-13-12-21)19(14-15)24-2/h4-11,14H,3,13H2,1-2H3,(H,22,23)/b11-9+. The Balaban J connectivity index is 2.08. The van der Waals surface area contributed by atoms with E-state index in [2.05, 4.69) is 5.32 Å². The Bertz CT molecular complexity index is 807. The van der Waals surface area contributed by atoms with Gasteiger partial charge in [0.1, 0.15) is 6.07 Å².